The first-order valence-electron chi connectivity index (χ1n) is 10.7. The van der Waals surface area contributed by atoms with E-state index in [1.165, 1.54) is 17.2 Å². The van der Waals surface area contributed by atoms with E-state index in [4.69, 9.17) is 20.8 Å². The van der Waals surface area contributed by atoms with Crippen molar-refractivity contribution in [2.24, 2.45) is 0 Å². The number of rotatable bonds is 5. The van der Waals surface area contributed by atoms with Gasteiger partial charge in [-0.3, -0.25) is 4.79 Å². The molecule has 2 heterocycles. The fourth-order valence-corrected chi connectivity index (χ4v) is 3.69. The smallest absolute Gasteiger partial charge is 0.410 e. The van der Waals surface area contributed by atoms with Gasteiger partial charge in [-0.15, -0.1) is 0 Å². The van der Waals surface area contributed by atoms with Gasteiger partial charge in [-0.1, -0.05) is 32.4 Å². The molecule has 0 radical (unpaired) electrons. The van der Waals surface area contributed by atoms with Gasteiger partial charge in [-0.05, 0) is 37.8 Å². The van der Waals surface area contributed by atoms with E-state index < -0.39 is 17.6 Å². The van der Waals surface area contributed by atoms with Gasteiger partial charge < -0.3 is 29.8 Å². The average molecular weight is 479 g/mol. The highest BCUT2D eigenvalue weighted by atomic mass is 35.5. The van der Waals surface area contributed by atoms with Gasteiger partial charge in [-0.25, -0.2) is 9.78 Å². The van der Waals surface area contributed by atoms with Crippen LogP contribution in [0.5, 0.6) is 5.75 Å². The summed E-state index contributed by atoms with van der Waals surface area (Å²) in [6.45, 7) is 12.4. The van der Waals surface area contributed by atoms with Crippen LogP contribution in [-0.2, 0) is 16.7 Å². The second-order valence-corrected chi connectivity index (χ2v) is 10.5. The van der Waals surface area contributed by atoms with Crippen molar-refractivity contribution >= 4 is 29.3 Å². The van der Waals surface area contributed by atoms with Crippen molar-refractivity contribution in [3.8, 4) is 5.75 Å². The number of hydrogen-bond acceptors (Lipinski definition) is 7. The Balaban J connectivity index is 1.53. The summed E-state index contributed by atoms with van der Waals surface area (Å²) in [5.41, 5.74) is 0.617. The lowest BCUT2D eigenvalue weighted by Gasteiger charge is -2.39. The number of anilines is 1. The Morgan fingerprint density at radius 2 is 1.91 bits per heavy atom. The quantitative estimate of drug-likeness (QED) is 0.548. The normalized spacial score (nSPS) is 14.6. The second kappa shape index (κ2) is 9.13. The van der Waals surface area contributed by atoms with Crippen LogP contribution in [0.3, 0.4) is 0 Å². The summed E-state index contributed by atoms with van der Waals surface area (Å²) >= 11 is 6.26. The van der Waals surface area contributed by atoms with E-state index in [2.05, 4.69) is 15.6 Å². The molecule has 0 bridgehead atoms. The van der Waals surface area contributed by atoms with E-state index >= 15 is 0 Å². The van der Waals surface area contributed by atoms with Gasteiger partial charge in [0.05, 0.1) is 24.5 Å². The maximum atomic E-state index is 12.4. The lowest BCUT2D eigenvalue weighted by Crippen LogP contribution is -2.61. The molecule has 3 rings (SSSR count). The molecular weight excluding hydrogens is 448 g/mol. The van der Waals surface area contributed by atoms with E-state index in [1.54, 1.807) is 26.8 Å². The molecule has 1 aliphatic rings. The number of hydrogen-bond donors (Lipinski definition) is 3. The summed E-state index contributed by atoms with van der Waals surface area (Å²) in [5, 5.41) is 16.6. The SMILES string of the molecule is CC(C)(C)OC(=O)N1CC(NC(=O)c2cnc(CNc3cc(C(C)(C)C)c(Cl)cc3O)o2)C1. The first-order valence-corrected chi connectivity index (χ1v) is 11.1. The number of amides is 2. The predicted molar refractivity (Wildman–Crippen MR) is 125 cm³/mol. The van der Waals surface area contributed by atoms with Crippen molar-refractivity contribution in [3.05, 3.63) is 40.6 Å². The molecule has 1 saturated heterocycles. The molecular formula is C23H31ClN4O5. The van der Waals surface area contributed by atoms with Crippen molar-refractivity contribution in [1.29, 1.82) is 0 Å². The fourth-order valence-electron chi connectivity index (χ4n) is 3.25. The van der Waals surface area contributed by atoms with E-state index in [-0.39, 0.29) is 35.4 Å². The standard InChI is InChI=1S/C23H31ClN4O5/c1-22(2,3)14-7-16(17(29)8-15(14)24)25-10-19-26-9-18(32-19)20(30)27-13-11-28(12-13)21(31)33-23(4,5)6/h7-9,13,25,29H,10-12H2,1-6H3,(H,27,30). The zero-order valence-corrected chi connectivity index (χ0v) is 20.5. The van der Waals surface area contributed by atoms with Gasteiger partial charge in [-0.2, -0.15) is 0 Å². The highest BCUT2D eigenvalue weighted by molar-refractivity contribution is 6.31. The summed E-state index contributed by atoms with van der Waals surface area (Å²) in [4.78, 5) is 30.1. The summed E-state index contributed by atoms with van der Waals surface area (Å²) in [6.07, 6.45) is 0.944. The molecule has 180 valence electrons. The van der Waals surface area contributed by atoms with Crippen LogP contribution in [0.15, 0.2) is 22.7 Å². The Labute approximate surface area is 198 Å². The molecule has 1 fully saturated rings. The van der Waals surface area contributed by atoms with Crippen LogP contribution in [0.1, 0.15) is 63.6 Å². The molecule has 1 aliphatic heterocycles. The number of nitrogens with zero attached hydrogens (tertiary/aromatic N) is 2. The minimum absolute atomic E-state index is 0.0112. The monoisotopic (exact) mass is 478 g/mol. The van der Waals surface area contributed by atoms with E-state index in [9.17, 15) is 14.7 Å². The molecule has 0 unspecified atom stereocenters. The number of benzene rings is 1. The van der Waals surface area contributed by atoms with Crippen LogP contribution in [-0.4, -0.2) is 51.7 Å². The number of carbonyl (C=O) groups excluding carboxylic acids is 2. The molecule has 0 spiro atoms. The predicted octanol–water partition coefficient (Wildman–Crippen LogP) is 4.29. The van der Waals surface area contributed by atoms with Crippen molar-refractivity contribution < 1.29 is 23.8 Å². The van der Waals surface area contributed by atoms with Gasteiger partial charge >= 0.3 is 6.09 Å². The molecule has 10 heteroatoms. The van der Waals surface area contributed by atoms with Gasteiger partial charge in [0.25, 0.3) is 5.91 Å². The van der Waals surface area contributed by atoms with E-state index in [0.717, 1.165) is 5.56 Å². The number of aromatic nitrogens is 1. The third-order valence-electron chi connectivity index (χ3n) is 4.97. The van der Waals surface area contributed by atoms with Crippen LogP contribution in [0, 0.1) is 0 Å². The van der Waals surface area contributed by atoms with Crippen molar-refractivity contribution in [1.82, 2.24) is 15.2 Å². The third kappa shape index (κ3) is 6.31. The van der Waals surface area contributed by atoms with Crippen molar-refractivity contribution in [2.45, 2.75) is 65.1 Å². The number of aromatic hydroxyl groups is 1. The molecule has 0 aliphatic carbocycles. The maximum Gasteiger partial charge on any atom is 0.410 e. The lowest BCUT2D eigenvalue weighted by atomic mass is 9.86. The topological polar surface area (TPSA) is 117 Å². The van der Waals surface area contributed by atoms with E-state index in [0.29, 0.717) is 23.8 Å². The van der Waals surface area contributed by atoms with Crippen LogP contribution >= 0.6 is 11.6 Å². The van der Waals surface area contributed by atoms with Gasteiger partial charge in [0.2, 0.25) is 11.7 Å². The Hall–Kier alpha value is -2.94. The number of phenolic OH excluding ortho intramolecular Hbond substituents is 1. The zero-order valence-electron chi connectivity index (χ0n) is 19.8. The molecule has 0 atom stereocenters. The first kappa shape index (κ1) is 24.7. The minimum atomic E-state index is -0.563. The molecule has 1 aromatic carbocycles. The average Bonchev–Trinajstić information content (AvgIpc) is 3.10. The summed E-state index contributed by atoms with van der Waals surface area (Å²) in [7, 11) is 0. The number of ether oxygens (including phenoxy) is 1. The molecule has 2 amide bonds. The third-order valence-corrected chi connectivity index (χ3v) is 5.28. The number of likely N-dealkylation sites (tertiary alicyclic amines) is 1. The molecule has 2 aromatic rings. The summed E-state index contributed by atoms with van der Waals surface area (Å²) in [6, 6.07) is 3.11. The van der Waals surface area contributed by atoms with Crippen LogP contribution in [0.25, 0.3) is 0 Å². The largest absolute Gasteiger partial charge is 0.506 e. The number of halogens is 1. The molecule has 0 saturated carbocycles. The first-order chi connectivity index (χ1) is 15.2. The molecule has 3 N–H and O–H groups in total. The van der Waals surface area contributed by atoms with Gasteiger partial charge in [0, 0.05) is 24.2 Å². The van der Waals surface area contributed by atoms with Crippen LogP contribution in [0.2, 0.25) is 5.02 Å². The second-order valence-electron chi connectivity index (χ2n) is 10.1. The van der Waals surface area contributed by atoms with Crippen LogP contribution in [0.4, 0.5) is 10.5 Å². The van der Waals surface area contributed by atoms with Gasteiger partial charge in [0.1, 0.15) is 11.4 Å². The van der Waals surface area contributed by atoms with E-state index in [1.807, 2.05) is 20.8 Å². The maximum absolute atomic E-state index is 12.4. The Kier molecular flexibility index (Phi) is 6.83. The molecule has 33 heavy (non-hydrogen) atoms. The van der Waals surface area contributed by atoms with Crippen molar-refractivity contribution in [2.75, 3.05) is 18.4 Å². The Morgan fingerprint density at radius 1 is 1.24 bits per heavy atom. The summed E-state index contributed by atoms with van der Waals surface area (Å²) < 4.78 is 10.8. The Morgan fingerprint density at radius 3 is 2.52 bits per heavy atom. The fraction of sp³-hybridized carbons (Fsp3) is 0.522. The number of oxazole rings is 1. The molecule has 9 nitrogen and oxygen atoms in total. The number of nitrogens with one attached hydrogen (secondary N) is 2. The minimum Gasteiger partial charge on any atom is -0.506 e. The molecule has 1 aromatic heterocycles. The highest BCUT2D eigenvalue weighted by Crippen LogP contribution is 2.37. The Bertz CT molecular complexity index is 1030. The number of phenols is 1. The zero-order chi connectivity index (χ0) is 24.6. The van der Waals surface area contributed by atoms with Crippen molar-refractivity contribution in [3.63, 3.8) is 0 Å². The highest BCUT2D eigenvalue weighted by Gasteiger charge is 2.35. The number of carbonyl (C=O) groups is 2. The lowest BCUT2D eigenvalue weighted by molar-refractivity contribution is 0.00521. The van der Waals surface area contributed by atoms with Crippen LogP contribution < -0.4 is 10.6 Å². The van der Waals surface area contributed by atoms with Gasteiger partial charge in [0.15, 0.2) is 0 Å². The summed E-state index contributed by atoms with van der Waals surface area (Å²) in [5.74, 6) is -0.0435.